The lowest BCUT2D eigenvalue weighted by molar-refractivity contribution is 0.592. The van der Waals surface area contributed by atoms with Crippen LogP contribution < -0.4 is 5.14 Å². The molecule has 2 aromatic carbocycles. The lowest BCUT2D eigenvalue weighted by Gasteiger charge is -1.98. The van der Waals surface area contributed by atoms with E-state index in [1.807, 2.05) is 0 Å². The van der Waals surface area contributed by atoms with E-state index in [-0.39, 0.29) is 19.8 Å². The Kier molecular flexibility index (Phi) is 6.97. The molecule has 2 N–H and O–H groups in total. The molecule has 12 heteroatoms. The lowest BCUT2D eigenvalue weighted by Crippen LogP contribution is -2.12. The van der Waals surface area contributed by atoms with E-state index in [1.54, 1.807) is 0 Å². The Morgan fingerprint density at radius 1 is 0.750 bits per heavy atom. The lowest BCUT2D eigenvalue weighted by atomic mass is 10.3. The minimum Gasteiger partial charge on any atom is -0.225 e. The van der Waals surface area contributed by atoms with E-state index in [4.69, 9.17) is 39.0 Å². The first-order valence-electron chi connectivity index (χ1n) is 5.68. The number of hydrogen-bond acceptors (Lipinski definition) is 4. The Morgan fingerprint density at radius 3 is 1.46 bits per heavy atom. The van der Waals surface area contributed by atoms with Gasteiger partial charge < -0.3 is 0 Å². The van der Waals surface area contributed by atoms with Gasteiger partial charge in [0.15, 0.2) is 0 Å². The van der Waals surface area contributed by atoms with Gasteiger partial charge in [0, 0.05) is 20.7 Å². The monoisotopic (exact) mass is 437 g/mol. The average Bonchev–Trinajstić information content (AvgIpc) is 2.35. The van der Waals surface area contributed by atoms with Crippen molar-refractivity contribution < 1.29 is 25.6 Å². The molecule has 0 radical (unpaired) electrons. The van der Waals surface area contributed by atoms with Crippen LogP contribution in [-0.4, -0.2) is 16.8 Å². The summed E-state index contributed by atoms with van der Waals surface area (Å²) >= 11 is 10.8. The standard InChI is InChI=1S/C6H3Cl2FO2S.C6H5ClFNO2S/c7-4-1-5(9)3-6(2-4)12(8,10)11;7-4-1-5(8)3-6(2-4)12(9,10)11/h1-3H;1-3H,(H2,9,10,11). The zero-order valence-electron chi connectivity index (χ0n) is 11.4. The first-order valence-corrected chi connectivity index (χ1v) is 10.3. The fourth-order valence-electron chi connectivity index (χ4n) is 1.36. The van der Waals surface area contributed by atoms with E-state index in [9.17, 15) is 25.6 Å². The third-order valence-corrected chi connectivity index (χ3v) is 4.94. The largest absolute Gasteiger partial charge is 0.261 e. The van der Waals surface area contributed by atoms with Crippen LogP contribution in [0.25, 0.3) is 0 Å². The van der Waals surface area contributed by atoms with Gasteiger partial charge in [-0.3, -0.25) is 0 Å². The molecule has 0 aliphatic carbocycles. The van der Waals surface area contributed by atoms with Crippen LogP contribution in [0.2, 0.25) is 10.0 Å². The van der Waals surface area contributed by atoms with E-state index in [2.05, 4.69) is 0 Å². The van der Waals surface area contributed by atoms with Gasteiger partial charge in [-0.1, -0.05) is 23.2 Å². The topological polar surface area (TPSA) is 94.3 Å². The molecule has 0 spiro atoms. The predicted octanol–water partition coefficient (Wildman–Crippen LogP) is 3.53. The number of hydrogen-bond donors (Lipinski definition) is 1. The number of rotatable bonds is 2. The molecular weight excluding hydrogens is 431 g/mol. The van der Waals surface area contributed by atoms with Crippen LogP contribution in [0.4, 0.5) is 8.78 Å². The molecule has 0 saturated heterocycles. The van der Waals surface area contributed by atoms with Gasteiger partial charge in [0.25, 0.3) is 9.05 Å². The number of halogens is 5. The molecule has 0 saturated carbocycles. The highest BCUT2D eigenvalue weighted by molar-refractivity contribution is 8.13. The molecule has 0 unspecified atom stereocenters. The summed E-state index contributed by atoms with van der Waals surface area (Å²) in [5, 5.41) is 4.74. The molecule has 2 aromatic rings. The van der Waals surface area contributed by atoms with E-state index < -0.39 is 30.7 Å². The Bertz CT molecular complexity index is 846. The second kappa shape index (κ2) is 7.94. The summed E-state index contributed by atoms with van der Waals surface area (Å²) in [5.74, 6) is -1.46. The van der Waals surface area contributed by atoms with Crippen molar-refractivity contribution in [3.8, 4) is 0 Å². The molecule has 0 fully saturated rings. The SMILES string of the molecule is NS(=O)(=O)c1cc(F)cc(Cl)c1.O=S(=O)(Cl)c1cc(F)cc(Cl)c1. The third-order valence-electron chi connectivity index (χ3n) is 2.28. The van der Waals surface area contributed by atoms with E-state index in [0.29, 0.717) is 0 Å². The molecule has 0 aromatic heterocycles. The van der Waals surface area contributed by atoms with Crippen molar-refractivity contribution in [2.75, 3.05) is 0 Å². The second-order valence-corrected chi connectivity index (χ2v) is 9.19. The van der Waals surface area contributed by atoms with Crippen molar-refractivity contribution >= 4 is 53.0 Å². The van der Waals surface area contributed by atoms with Gasteiger partial charge in [0.05, 0.1) is 9.79 Å². The molecule has 0 bridgehead atoms. The molecule has 5 nitrogen and oxygen atoms in total. The molecule has 0 aliphatic rings. The normalized spacial score (nSPS) is 11.6. The van der Waals surface area contributed by atoms with Crippen LogP contribution in [0, 0.1) is 11.6 Å². The summed E-state index contributed by atoms with van der Waals surface area (Å²) < 4.78 is 67.8. The molecule has 0 amide bonds. The Labute approximate surface area is 151 Å². The molecule has 0 atom stereocenters. The molecule has 0 aliphatic heterocycles. The minimum atomic E-state index is -3.90. The second-order valence-electron chi connectivity index (χ2n) is 4.19. The number of sulfonamides is 1. The van der Waals surface area contributed by atoms with Crippen molar-refractivity contribution in [1.29, 1.82) is 0 Å². The first kappa shape index (κ1) is 21.1. The van der Waals surface area contributed by atoms with Crippen LogP contribution in [0.3, 0.4) is 0 Å². The van der Waals surface area contributed by atoms with Gasteiger partial charge >= 0.3 is 0 Å². The highest BCUT2D eigenvalue weighted by atomic mass is 35.7. The summed E-state index contributed by atoms with van der Waals surface area (Å²) in [6.07, 6.45) is 0. The molecule has 24 heavy (non-hydrogen) atoms. The van der Waals surface area contributed by atoms with Crippen LogP contribution in [0.5, 0.6) is 0 Å². The average molecular weight is 439 g/mol. The fraction of sp³-hybridized carbons (Fsp3) is 0. The highest BCUT2D eigenvalue weighted by Crippen LogP contribution is 2.21. The van der Waals surface area contributed by atoms with Gasteiger partial charge in [-0.05, 0) is 36.4 Å². The van der Waals surface area contributed by atoms with Crippen molar-refractivity contribution in [1.82, 2.24) is 0 Å². The Hall–Kier alpha value is -0.970. The molecule has 2 rings (SSSR count). The maximum absolute atomic E-state index is 12.6. The smallest absolute Gasteiger partial charge is 0.225 e. The number of benzene rings is 2. The molecule has 0 heterocycles. The maximum atomic E-state index is 12.6. The van der Waals surface area contributed by atoms with Gasteiger partial charge in [-0.15, -0.1) is 0 Å². The van der Waals surface area contributed by atoms with Crippen LogP contribution in [0.1, 0.15) is 0 Å². The van der Waals surface area contributed by atoms with Gasteiger partial charge in [-0.2, -0.15) is 0 Å². The fourth-order valence-corrected chi connectivity index (χ4v) is 3.29. The van der Waals surface area contributed by atoms with E-state index >= 15 is 0 Å². The van der Waals surface area contributed by atoms with Gasteiger partial charge in [0.1, 0.15) is 11.6 Å². The van der Waals surface area contributed by atoms with Crippen molar-refractivity contribution in [3.63, 3.8) is 0 Å². The van der Waals surface area contributed by atoms with Gasteiger partial charge in [0.2, 0.25) is 10.0 Å². The first-order chi connectivity index (χ1) is 10.8. The summed E-state index contributed by atoms with van der Waals surface area (Å²) in [6, 6.07) is 5.76. The summed E-state index contributed by atoms with van der Waals surface area (Å²) in [6.45, 7) is 0. The van der Waals surface area contributed by atoms with Crippen molar-refractivity contribution in [3.05, 3.63) is 58.1 Å². The zero-order valence-corrected chi connectivity index (χ0v) is 15.3. The maximum Gasteiger partial charge on any atom is 0.261 e. The highest BCUT2D eigenvalue weighted by Gasteiger charge is 2.12. The predicted molar refractivity (Wildman–Crippen MR) is 87.2 cm³/mol. The van der Waals surface area contributed by atoms with Gasteiger partial charge in [-0.25, -0.2) is 30.8 Å². The van der Waals surface area contributed by atoms with Crippen LogP contribution >= 0.6 is 33.9 Å². The third kappa shape index (κ3) is 6.88. The Morgan fingerprint density at radius 2 is 1.12 bits per heavy atom. The number of nitrogens with two attached hydrogens (primary N) is 1. The minimum absolute atomic E-state index is 0.000903. The van der Waals surface area contributed by atoms with E-state index in [0.717, 1.165) is 36.4 Å². The molecule has 132 valence electrons. The Balaban J connectivity index is 0.000000240. The quantitative estimate of drug-likeness (QED) is 0.726. The number of primary sulfonamides is 1. The van der Waals surface area contributed by atoms with Crippen molar-refractivity contribution in [2.24, 2.45) is 5.14 Å². The molecular formula is C12H8Cl3F2NO4S2. The summed E-state index contributed by atoms with van der Waals surface area (Å²) in [5.41, 5.74) is 0. The van der Waals surface area contributed by atoms with Crippen molar-refractivity contribution in [2.45, 2.75) is 9.79 Å². The zero-order chi connectivity index (χ0) is 18.7. The van der Waals surface area contributed by atoms with Crippen LogP contribution in [-0.2, 0) is 19.1 Å². The van der Waals surface area contributed by atoms with E-state index in [1.165, 1.54) is 0 Å². The summed E-state index contributed by atoms with van der Waals surface area (Å²) in [7, 11) is -2.82. The summed E-state index contributed by atoms with van der Waals surface area (Å²) in [4.78, 5) is -0.665. The van der Waals surface area contributed by atoms with Crippen LogP contribution in [0.15, 0.2) is 46.2 Å².